The zero-order chi connectivity index (χ0) is 24.5. The van der Waals surface area contributed by atoms with E-state index in [0.29, 0.717) is 0 Å². The Labute approximate surface area is 214 Å². The number of unbranched alkanes of at least 4 members (excludes halogenated alkanes) is 18. The van der Waals surface area contributed by atoms with Crippen LogP contribution in [0.2, 0.25) is 0 Å². The Bertz CT molecular complexity index is 505. The minimum atomic E-state index is -0.941. The number of aryl methyl sites for hydroxylation is 1. The molecule has 0 aliphatic heterocycles. The van der Waals surface area contributed by atoms with Gasteiger partial charge in [0.15, 0.2) is 0 Å². The summed E-state index contributed by atoms with van der Waals surface area (Å²) in [6, 6.07) is 8.74. The van der Waals surface area contributed by atoms with Gasteiger partial charge in [0.2, 0.25) is 8.38 Å². The van der Waals surface area contributed by atoms with E-state index in [2.05, 4.69) is 45.0 Å². The van der Waals surface area contributed by atoms with E-state index < -0.39 is 8.38 Å². The molecule has 0 amide bonds. The van der Waals surface area contributed by atoms with Gasteiger partial charge in [-0.1, -0.05) is 147 Å². The van der Waals surface area contributed by atoms with Gasteiger partial charge in [-0.3, -0.25) is 0 Å². The first kappa shape index (κ1) is 31.6. The maximum absolute atomic E-state index is 6.27. The van der Waals surface area contributed by atoms with Crippen LogP contribution in [-0.4, -0.2) is 13.2 Å². The fraction of sp³-hybridized carbons (Fsp3) is 0.806. The van der Waals surface area contributed by atoms with Crippen LogP contribution in [0.25, 0.3) is 0 Å². The maximum Gasteiger partial charge on any atom is 0.205 e. The zero-order valence-electron chi connectivity index (χ0n) is 23.1. The second-order valence-electron chi connectivity index (χ2n) is 10.1. The van der Waals surface area contributed by atoms with Gasteiger partial charge in [0.05, 0.1) is 13.2 Å². The Kier molecular flexibility index (Phi) is 22.6. The molecule has 0 spiro atoms. The summed E-state index contributed by atoms with van der Waals surface area (Å²) in [4.78, 5) is 0. The molecule has 0 radical (unpaired) electrons. The van der Waals surface area contributed by atoms with Crippen molar-refractivity contribution in [3.63, 3.8) is 0 Å². The first-order chi connectivity index (χ1) is 16.8. The Morgan fingerprint density at radius 2 is 0.794 bits per heavy atom. The van der Waals surface area contributed by atoms with Gasteiger partial charge in [-0.2, -0.15) is 0 Å². The average Bonchev–Trinajstić information content (AvgIpc) is 2.85. The predicted molar refractivity (Wildman–Crippen MR) is 153 cm³/mol. The highest BCUT2D eigenvalue weighted by atomic mass is 31.2. The van der Waals surface area contributed by atoms with Crippen LogP contribution < -0.4 is 5.30 Å². The highest BCUT2D eigenvalue weighted by molar-refractivity contribution is 7.56. The van der Waals surface area contributed by atoms with Crippen molar-refractivity contribution < 1.29 is 9.05 Å². The van der Waals surface area contributed by atoms with Crippen molar-refractivity contribution in [3.8, 4) is 0 Å². The molecule has 1 aromatic rings. The van der Waals surface area contributed by atoms with Crippen molar-refractivity contribution in [1.29, 1.82) is 0 Å². The van der Waals surface area contributed by atoms with E-state index in [0.717, 1.165) is 26.1 Å². The molecule has 0 aromatic heterocycles. The van der Waals surface area contributed by atoms with E-state index in [9.17, 15) is 0 Å². The lowest BCUT2D eigenvalue weighted by Gasteiger charge is -2.18. The molecule has 0 fully saturated rings. The molecular formula is C31H57O2P. The van der Waals surface area contributed by atoms with Gasteiger partial charge in [-0.15, -0.1) is 0 Å². The van der Waals surface area contributed by atoms with Crippen LogP contribution >= 0.6 is 8.38 Å². The summed E-state index contributed by atoms with van der Waals surface area (Å²) >= 11 is 0. The Morgan fingerprint density at radius 3 is 1.15 bits per heavy atom. The first-order valence-electron chi connectivity index (χ1n) is 14.9. The Morgan fingerprint density at radius 1 is 0.471 bits per heavy atom. The second kappa shape index (κ2) is 24.3. The van der Waals surface area contributed by atoms with E-state index in [1.807, 2.05) is 0 Å². The van der Waals surface area contributed by atoms with E-state index in [1.165, 1.54) is 126 Å². The van der Waals surface area contributed by atoms with Crippen molar-refractivity contribution >= 4 is 13.7 Å². The minimum Gasteiger partial charge on any atom is -0.331 e. The van der Waals surface area contributed by atoms with Crippen LogP contribution in [0, 0.1) is 6.92 Å². The van der Waals surface area contributed by atoms with Gasteiger partial charge in [0.25, 0.3) is 0 Å². The summed E-state index contributed by atoms with van der Waals surface area (Å²) in [5, 5.41) is 1.22. The summed E-state index contributed by atoms with van der Waals surface area (Å²) in [7, 11) is -0.941. The molecule has 2 nitrogen and oxygen atoms in total. The largest absolute Gasteiger partial charge is 0.331 e. The molecule has 0 saturated carbocycles. The highest BCUT2D eigenvalue weighted by Gasteiger charge is 2.13. The third-order valence-electron chi connectivity index (χ3n) is 6.66. The molecule has 0 heterocycles. The lowest BCUT2D eigenvalue weighted by molar-refractivity contribution is 0.246. The molecule has 0 aliphatic carbocycles. The monoisotopic (exact) mass is 492 g/mol. The highest BCUT2D eigenvalue weighted by Crippen LogP contribution is 2.38. The number of benzene rings is 1. The van der Waals surface area contributed by atoms with E-state index >= 15 is 0 Å². The Balaban J connectivity index is 2.13. The molecule has 3 heteroatoms. The zero-order valence-corrected chi connectivity index (χ0v) is 24.0. The topological polar surface area (TPSA) is 18.5 Å². The van der Waals surface area contributed by atoms with Crippen LogP contribution in [0.4, 0.5) is 0 Å². The average molecular weight is 493 g/mol. The molecule has 1 aromatic carbocycles. The van der Waals surface area contributed by atoms with Crippen LogP contribution in [0.1, 0.15) is 148 Å². The van der Waals surface area contributed by atoms with Crippen molar-refractivity contribution in [2.45, 2.75) is 149 Å². The maximum atomic E-state index is 6.27. The molecule has 198 valence electrons. The lowest BCUT2D eigenvalue weighted by Crippen LogP contribution is -2.07. The molecular weight excluding hydrogens is 435 g/mol. The summed E-state index contributed by atoms with van der Waals surface area (Å²) in [6.07, 6.45) is 27.2. The summed E-state index contributed by atoms with van der Waals surface area (Å²) in [5.74, 6) is 0. The fourth-order valence-electron chi connectivity index (χ4n) is 4.33. The SMILES string of the molecule is CCCCCCCCCCCCOP(OCCCCCCCCCCCC)c1ccc(C)cc1. The standard InChI is InChI=1S/C31H57O2P/c1-4-6-8-10-12-14-16-18-20-22-28-32-34(31-26-24-30(3)25-27-31)33-29-23-21-19-17-15-13-11-9-7-5-2/h24-27H,4-23,28-29H2,1-3H3. The van der Waals surface area contributed by atoms with Crippen LogP contribution in [0.3, 0.4) is 0 Å². The van der Waals surface area contributed by atoms with Crippen molar-refractivity contribution in [2.24, 2.45) is 0 Å². The second-order valence-corrected chi connectivity index (χ2v) is 11.7. The van der Waals surface area contributed by atoms with Gasteiger partial charge in [0, 0.05) is 5.30 Å². The van der Waals surface area contributed by atoms with Gasteiger partial charge < -0.3 is 9.05 Å². The molecule has 0 bridgehead atoms. The van der Waals surface area contributed by atoms with E-state index in [-0.39, 0.29) is 0 Å². The van der Waals surface area contributed by atoms with Gasteiger partial charge in [0.1, 0.15) is 0 Å². The third kappa shape index (κ3) is 18.8. The Hall–Kier alpha value is -0.430. The predicted octanol–water partition coefficient (Wildman–Crippen LogP) is 10.8. The summed E-state index contributed by atoms with van der Waals surface area (Å²) < 4.78 is 12.5. The van der Waals surface area contributed by atoms with Crippen molar-refractivity contribution in [3.05, 3.63) is 29.8 Å². The number of hydrogen-bond acceptors (Lipinski definition) is 2. The van der Waals surface area contributed by atoms with Gasteiger partial charge in [-0.05, 0) is 31.9 Å². The van der Waals surface area contributed by atoms with E-state index in [1.54, 1.807) is 0 Å². The summed E-state index contributed by atoms with van der Waals surface area (Å²) in [6.45, 7) is 8.37. The normalized spacial score (nSPS) is 11.5. The quantitative estimate of drug-likeness (QED) is 0.0998. The molecule has 0 atom stereocenters. The molecule has 1 rings (SSSR count). The first-order valence-corrected chi connectivity index (χ1v) is 16.1. The molecule has 0 unspecified atom stereocenters. The number of rotatable bonds is 25. The minimum absolute atomic E-state index is 0.827. The van der Waals surface area contributed by atoms with Gasteiger partial charge >= 0.3 is 0 Å². The van der Waals surface area contributed by atoms with Crippen molar-refractivity contribution in [2.75, 3.05) is 13.2 Å². The molecule has 0 aliphatic rings. The van der Waals surface area contributed by atoms with E-state index in [4.69, 9.17) is 9.05 Å². The molecule has 0 N–H and O–H groups in total. The van der Waals surface area contributed by atoms with Crippen LogP contribution in [0.5, 0.6) is 0 Å². The smallest absolute Gasteiger partial charge is 0.205 e. The van der Waals surface area contributed by atoms with Crippen molar-refractivity contribution in [1.82, 2.24) is 0 Å². The molecule has 0 saturated heterocycles. The lowest BCUT2D eigenvalue weighted by atomic mass is 10.1. The third-order valence-corrected chi connectivity index (χ3v) is 8.21. The van der Waals surface area contributed by atoms with Crippen LogP contribution in [-0.2, 0) is 9.05 Å². The van der Waals surface area contributed by atoms with Gasteiger partial charge in [-0.25, -0.2) is 0 Å². The number of hydrogen-bond donors (Lipinski definition) is 0. The summed E-state index contributed by atoms with van der Waals surface area (Å²) in [5.41, 5.74) is 1.29. The fourth-order valence-corrected chi connectivity index (χ4v) is 5.68. The molecule has 34 heavy (non-hydrogen) atoms. The van der Waals surface area contributed by atoms with Crippen LogP contribution in [0.15, 0.2) is 24.3 Å².